The van der Waals surface area contributed by atoms with E-state index in [-0.39, 0.29) is 18.6 Å². The summed E-state index contributed by atoms with van der Waals surface area (Å²) in [6.45, 7) is 2.72. The summed E-state index contributed by atoms with van der Waals surface area (Å²) in [7, 11) is 0. The van der Waals surface area contributed by atoms with Gasteiger partial charge in [-0.2, -0.15) is 0 Å². The second-order valence-electron chi connectivity index (χ2n) is 8.76. The number of rotatable bonds is 8. The lowest BCUT2D eigenvalue weighted by atomic mass is 9.99. The molecule has 2 aromatic heterocycles. The van der Waals surface area contributed by atoms with Crippen molar-refractivity contribution in [2.75, 3.05) is 26.2 Å². The fraction of sp³-hybridized carbons (Fsp3) is 0.478. The Kier molecular flexibility index (Phi) is 5.99. The van der Waals surface area contributed by atoms with E-state index >= 15 is 0 Å². The Balaban J connectivity index is 1.21. The average molecular weight is 452 g/mol. The highest BCUT2D eigenvalue weighted by Gasteiger charge is 2.37. The summed E-state index contributed by atoms with van der Waals surface area (Å²) in [6, 6.07) is 0.984. The molecule has 0 radical (unpaired) electrons. The normalized spacial score (nSPS) is 21.5. The van der Waals surface area contributed by atoms with Crippen molar-refractivity contribution >= 4 is 23.0 Å². The Bertz CT molecular complexity index is 1080. The summed E-state index contributed by atoms with van der Waals surface area (Å²) in [5.41, 5.74) is 4.02. The average Bonchev–Trinajstić information content (AvgIpc) is 3.41. The molecule has 0 spiro atoms. The molecule has 5 rings (SSSR count). The van der Waals surface area contributed by atoms with Gasteiger partial charge in [-0.05, 0) is 49.9 Å². The van der Waals surface area contributed by atoms with Crippen molar-refractivity contribution in [3.05, 3.63) is 47.7 Å². The summed E-state index contributed by atoms with van der Waals surface area (Å²) in [5, 5.41) is 16.5. The fourth-order valence-corrected chi connectivity index (χ4v) is 4.85. The van der Waals surface area contributed by atoms with Gasteiger partial charge in [0.25, 0.3) is 0 Å². The molecule has 4 N–H and O–H groups in total. The number of dihydropyridines is 1. The molecule has 2 amide bonds. The first-order valence-corrected chi connectivity index (χ1v) is 11.5. The number of fused-ring (bicyclic) bond motifs is 2. The Hall–Kier alpha value is -3.40. The molecule has 5 heterocycles. The zero-order valence-corrected chi connectivity index (χ0v) is 18.5. The van der Waals surface area contributed by atoms with Crippen molar-refractivity contribution in [3.8, 4) is 0 Å². The van der Waals surface area contributed by atoms with Crippen LogP contribution in [0.25, 0.3) is 11.0 Å². The highest BCUT2D eigenvalue weighted by Crippen LogP contribution is 2.28. The quantitative estimate of drug-likeness (QED) is 0.484. The molecule has 33 heavy (non-hydrogen) atoms. The van der Waals surface area contributed by atoms with E-state index in [2.05, 4.69) is 37.7 Å². The van der Waals surface area contributed by atoms with Gasteiger partial charge in [0.15, 0.2) is 0 Å². The van der Waals surface area contributed by atoms with Gasteiger partial charge in [-0.25, -0.2) is 9.78 Å². The summed E-state index contributed by atoms with van der Waals surface area (Å²) in [6.07, 6.45) is 11.7. The molecule has 174 valence electrons. The largest absolute Gasteiger partial charge is 0.481 e. The topological polar surface area (TPSA) is 126 Å². The molecule has 0 bridgehead atoms. The second-order valence-corrected chi connectivity index (χ2v) is 8.76. The van der Waals surface area contributed by atoms with Crippen LogP contribution in [0.5, 0.6) is 0 Å². The molecule has 0 saturated carbocycles. The van der Waals surface area contributed by atoms with E-state index in [1.54, 1.807) is 23.4 Å². The number of urea groups is 1. The van der Waals surface area contributed by atoms with Crippen LogP contribution in [0.15, 0.2) is 41.9 Å². The number of amides is 2. The third-order valence-corrected chi connectivity index (χ3v) is 6.55. The van der Waals surface area contributed by atoms with Crippen LogP contribution in [0.1, 0.15) is 44.0 Å². The van der Waals surface area contributed by atoms with Gasteiger partial charge >= 0.3 is 12.0 Å². The van der Waals surface area contributed by atoms with Gasteiger partial charge in [0.05, 0.1) is 29.8 Å². The van der Waals surface area contributed by atoms with Gasteiger partial charge < -0.3 is 25.2 Å². The number of carboxylic acid groups (broad SMARTS) is 1. The predicted molar refractivity (Wildman–Crippen MR) is 122 cm³/mol. The van der Waals surface area contributed by atoms with Gasteiger partial charge in [0, 0.05) is 31.5 Å². The molecule has 3 aliphatic rings. The van der Waals surface area contributed by atoms with Gasteiger partial charge in [-0.1, -0.05) is 6.08 Å². The number of aromatic amines is 1. The number of H-pyrrole nitrogens is 1. The second kappa shape index (κ2) is 9.22. The lowest BCUT2D eigenvalue weighted by Crippen LogP contribution is -2.47. The Morgan fingerprint density at radius 2 is 2.21 bits per heavy atom. The first-order chi connectivity index (χ1) is 16.1. The maximum Gasteiger partial charge on any atom is 0.320 e. The molecule has 1 unspecified atom stereocenters. The van der Waals surface area contributed by atoms with Crippen LogP contribution in [-0.2, 0) is 4.79 Å². The van der Waals surface area contributed by atoms with Crippen LogP contribution < -0.4 is 10.6 Å². The van der Waals surface area contributed by atoms with Crippen LogP contribution >= 0.6 is 0 Å². The Morgan fingerprint density at radius 1 is 1.30 bits per heavy atom. The van der Waals surface area contributed by atoms with Gasteiger partial charge in [-0.15, -0.1) is 0 Å². The maximum atomic E-state index is 13.1. The molecule has 10 nitrogen and oxygen atoms in total. The number of hydrogen-bond donors (Lipinski definition) is 4. The van der Waals surface area contributed by atoms with Crippen molar-refractivity contribution in [1.29, 1.82) is 0 Å². The monoisotopic (exact) mass is 451 g/mol. The molecule has 3 aliphatic heterocycles. The van der Waals surface area contributed by atoms with Crippen molar-refractivity contribution in [2.45, 2.75) is 44.3 Å². The van der Waals surface area contributed by atoms with Crippen LogP contribution in [0, 0.1) is 0 Å². The number of carboxylic acids is 1. The van der Waals surface area contributed by atoms with Crippen molar-refractivity contribution in [3.63, 3.8) is 0 Å². The standard InChI is InChI=1S/C23H29N7O3/c31-20(32)13-19(22-27-17-7-9-24-14-18(17)28-22)30-12-11-29(23(30)33)10-2-4-16-6-5-15-3-1-8-25-21(15)26-16/h5-7,9,14,19,21,25-26H,1-4,8,10-13H2,(H,27,28)(H,31,32)/t19-,21?/m0/s1. The first-order valence-electron chi connectivity index (χ1n) is 11.5. The van der Waals surface area contributed by atoms with Crippen LogP contribution in [0.3, 0.4) is 0 Å². The highest BCUT2D eigenvalue weighted by atomic mass is 16.4. The number of nitrogens with zero attached hydrogens (tertiary/aromatic N) is 4. The Labute approximate surface area is 191 Å². The smallest absolute Gasteiger partial charge is 0.320 e. The highest BCUT2D eigenvalue weighted by molar-refractivity contribution is 5.79. The predicted octanol–water partition coefficient (Wildman–Crippen LogP) is 2.11. The van der Waals surface area contributed by atoms with E-state index in [4.69, 9.17) is 0 Å². The SMILES string of the molecule is O=C(O)C[C@@H](c1nc2ccncc2[nH]1)N1CCN(CCCC2=CC=C3CCCNC3N2)C1=O. The molecule has 10 heteroatoms. The maximum absolute atomic E-state index is 13.1. The number of imidazole rings is 1. The zero-order valence-electron chi connectivity index (χ0n) is 18.5. The molecule has 2 fully saturated rings. The third-order valence-electron chi connectivity index (χ3n) is 6.55. The van der Waals surface area contributed by atoms with Crippen LogP contribution in [-0.4, -0.2) is 74.2 Å². The first kappa shape index (κ1) is 21.4. The lowest BCUT2D eigenvalue weighted by molar-refractivity contribution is -0.138. The molecule has 2 saturated heterocycles. The number of hydrogen-bond acceptors (Lipinski definition) is 6. The number of carbonyl (C=O) groups is 2. The number of piperidine rings is 1. The molecular formula is C23H29N7O3. The minimum Gasteiger partial charge on any atom is -0.481 e. The lowest BCUT2D eigenvalue weighted by Gasteiger charge is -2.32. The molecule has 0 aromatic carbocycles. The third kappa shape index (κ3) is 4.56. The molecular weight excluding hydrogens is 422 g/mol. The summed E-state index contributed by atoms with van der Waals surface area (Å²) in [5.74, 6) is -0.487. The van der Waals surface area contributed by atoms with Crippen molar-refractivity contribution < 1.29 is 14.7 Å². The van der Waals surface area contributed by atoms with Gasteiger partial charge in [-0.3, -0.25) is 15.1 Å². The minimum atomic E-state index is -0.969. The summed E-state index contributed by atoms with van der Waals surface area (Å²) in [4.78, 5) is 39.9. The summed E-state index contributed by atoms with van der Waals surface area (Å²) >= 11 is 0. The van der Waals surface area contributed by atoms with E-state index in [0.29, 0.717) is 31.0 Å². The number of aromatic nitrogens is 3. The number of carbonyl (C=O) groups excluding carboxylic acids is 1. The summed E-state index contributed by atoms with van der Waals surface area (Å²) < 4.78 is 0. The van der Waals surface area contributed by atoms with E-state index in [1.165, 1.54) is 17.7 Å². The van der Waals surface area contributed by atoms with Gasteiger partial charge in [0.1, 0.15) is 11.9 Å². The molecule has 0 aliphatic carbocycles. The van der Waals surface area contributed by atoms with Crippen LogP contribution in [0.4, 0.5) is 4.79 Å². The minimum absolute atomic E-state index is 0.137. The molecule has 2 aromatic rings. The number of allylic oxidation sites excluding steroid dienone is 3. The number of pyridine rings is 1. The van der Waals surface area contributed by atoms with Crippen LogP contribution in [0.2, 0.25) is 0 Å². The zero-order chi connectivity index (χ0) is 22.8. The number of nitrogens with one attached hydrogen (secondary N) is 3. The van der Waals surface area contributed by atoms with E-state index in [9.17, 15) is 14.7 Å². The van der Waals surface area contributed by atoms with E-state index < -0.39 is 12.0 Å². The van der Waals surface area contributed by atoms with Crippen molar-refractivity contribution in [2.24, 2.45) is 0 Å². The van der Waals surface area contributed by atoms with E-state index in [1.807, 2.05) is 4.90 Å². The Morgan fingerprint density at radius 3 is 3.06 bits per heavy atom. The molecule has 2 atom stereocenters. The van der Waals surface area contributed by atoms with Gasteiger partial charge in [0.2, 0.25) is 0 Å². The number of aliphatic carboxylic acids is 1. The van der Waals surface area contributed by atoms with Crippen molar-refractivity contribution in [1.82, 2.24) is 35.4 Å². The fourth-order valence-electron chi connectivity index (χ4n) is 4.85. The van der Waals surface area contributed by atoms with E-state index in [0.717, 1.165) is 31.3 Å².